The van der Waals surface area contributed by atoms with Gasteiger partial charge in [-0.3, -0.25) is 0 Å². The Bertz CT molecular complexity index is 209. The summed E-state index contributed by atoms with van der Waals surface area (Å²) in [5.74, 6) is 0. The Balaban J connectivity index is 0.000000405. The highest BCUT2D eigenvalue weighted by Gasteiger charge is 2.07. The summed E-state index contributed by atoms with van der Waals surface area (Å²) in [6.45, 7) is 0. The van der Waals surface area contributed by atoms with Crippen molar-refractivity contribution in [2.24, 2.45) is 10.2 Å². The van der Waals surface area contributed by atoms with Gasteiger partial charge in [-0.1, -0.05) is 12.2 Å². The van der Waals surface area contributed by atoms with Crippen LogP contribution in [0, 0.1) is 0 Å². The summed E-state index contributed by atoms with van der Waals surface area (Å²) in [6, 6.07) is 0. The van der Waals surface area contributed by atoms with Gasteiger partial charge in [0.05, 0.1) is 11.9 Å². The summed E-state index contributed by atoms with van der Waals surface area (Å²) in [5, 5.41) is 7.54. The minimum absolute atomic E-state index is 0. The number of nitrogens with zero attached hydrogens (tertiary/aromatic N) is 2. The summed E-state index contributed by atoms with van der Waals surface area (Å²) in [5.41, 5.74) is 2.12. The van der Waals surface area contributed by atoms with E-state index < -0.39 is 0 Å². The number of halogens is 1. The maximum absolute atomic E-state index is 3.83. The van der Waals surface area contributed by atoms with E-state index in [2.05, 4.69) is 10.2 Å². The van der Waals surface area contributed by atoms with Crippen LogP contribution in [0.5, 0.6) is 0 Å². The zero-order valence-corrected chi connectivity index (χ0v) is 5.43. The first-order chi connectivity index (χ1) is 3.97. The van der Waals surface area contributed by atoms with E-state index in [1.54, 1.807) is 6.20 Å². The van der Waals surface area contributed by atoms with Crippen LogP contribution in [-0.4, -0.2) is 0 Å². The molecule has 0 N–H and O–H groups in total. The molecular formula is C6H5ClN2. The molecule has 0 atom stereocenters. The van der Waals surface area contributed by atoms with E-state index in [1.165, 1.54) is 0 Å². The third-order valence-corrected chi connectivity index (χ3v) is 1.19. The van der Waals surface area contributed by atoms with Crippen LogP contribution in [0.25, 0.3) is 0 Å². The van der Waals surface area contributed by atoms with Crippen LogP contribution >= 0.6 is 12.4 Å². The van der Waals surface area contributed by atoms with Crippen molar-refractivity contribution in [3.63, 3.8) is 0 Å². The average molecular weight is 141 g/mol. The maximum Gasteiger partial charge on any atom is 0.0945 e. The number of hydrogen-bond acceptors (Lipinski definition) is 2. The average Bonchev–Trinajstić information content (AvgIpc) is 2.15. The van der Waals surface area contributed by atoms with Gasteiger partial charge in [0, 0.05) is 5.57 Å². The molecule has 0 spiro atoms. The molecule has 0 aromatic rings. The Kier molecular flexibility index (Phi) is 1.49. The lowest BCUT2D eigenvalue weighted by molar-refractivity contribution is 1.23. The molecule has 0 fully saturated rings. The van der Waals surface area contributed by atoms with Gasteiger partial charge in [-0.05, 0) is 6.08 Å². The SMILES string of the molecule is C1=CC2=CN=NC2=C1.Cl. The van der Waals surface area contributed by atoms with E-state index in [-0.39, 0.29) is 12.4 Å². The van der Waals surface area contributed by atoms with Gasteiger partial charge in [-0.25, -0.2) is 0 Å². The Morgan fingerprint density at radius 1 is 1.33 bits per heavy atom. The monoisotopic (exact) mass is 140 g/mol. The predicted octanol–water partition coefficient (Wildman–Crippen LogP) is 2.21. The molecule has 3 heteroatoms. The second-order valence-corrected chi connectivity index (χ2v) is 1.71. The van der Waals surface area contributed by atoms with Crippen molar-refractivity contribution in [3.8, 4) is 0 Å². The lowest BCUT2D eigenvalue weighted by Gasteiger charge is -1.80. The van der Waals surface area contributed by atoms with E-state index in [9.17, 15) is 0 Å². The first-order valence-corrected chi connectivity index (χ1v) is 2.46. The van der Waals surface area contributed by atoms with Crippen LogP contribution in [0.1, 0.15) is 0 Å². The van der Waals surface area contributed by atoms with E-state index in [1.807, 2.05) is 18.2 Å². The zero-order valence-electron chi connectivity index (χ0n) is 4.61. The van der Waals surface area contributed by atoms with Gasteiger partial charge in [0.25, 0.3) is 0 Å². The lowest BCUT2D eigenvalue weighted by Crippen LogP contribution is -1.66. The molecule has 2 aliphatic rings. The third-order valence-electron chi connectivity index (χ3n) is 1.19. The molecular weight excluding hydrogens is 136 g/mol. The Labute approximate surface area is 59.1 Å². The van der Waals surface area contributed by atoms with Gasteiger partial charge < -0.3 is 0 Å². The van der Waals surface area contributed by atoms with Crippen LogP contribution in [0.4, 0.5) is 0 Å². The molecule has 0 saturated heterocycles. The third kappa shape index (κ3) is 0.813. The maximum atomic E-state index is 3.83. The van der Waals surface area contributed by atoms with Crippen LogP contribution in [0.3, 0.4) is 0 Å². The lowest BCUT2D eigenvalue weighted by atomic mass is 10.3. The molecule has 0 amide bonds. The van der Waals surface area contributed by atoms with Gasteiger partial charge in [0.2, 0.25) is 0 Å². The summed E-state index contributed by atoms with van der Waals surface area (Å²) in [4.78, 5) is 0. The van der Waals surface area contributed by atoms with Crippen molar-refractivity contribution in [2.45, 2.75) is 0 Å². The molecule has 0 aromatic carbocycles. The molecule has 9 heavy (non-hydrogen) atoms. The molecule has 0 radical (unpaired) electrons. The minimum atomic E-state index is 0. The summed E-state index contributed by atoms with van der Waals surface area (Å²) < 4.78 is 0. The first-order valence-electron chi connectivity index (χ1n) is 2.46. The van der Waals surface area contributed by atoms with Crippen molar-refractivity contribution in [2.75, 3.05) is 0 Å². The molecule has 1 aliphatic heterocycles. The fourth-order valence-corrected chi connectivity index (χ4v) is 0.778. The molecule has 0 bridgehead atoms. The smallest absolute Gasteiger partial charge is 0.0945 e. The standard InChI is InChI=1S/C6H4N2.ClH/c1-2-5-4-7-8-6(5)3-1;/h1-4H;1H. The first kappa shape index (κ1) is 6.23. The summed E-state index contributed by atoms with van der Waals surface area (Å²) in [7, 11) is 0. The van der Waals surface area contributed by atoms with Crippen molar-refractivity contribution >= 4 is 12.4 Å². The summed E-state index contributed by atoms with van der Waals surface area (Å²) in [6.07, 6.45) is 7.67. The van der Waals surface area contributed by atoms with E-state index in [0.717, 1.165) is 11.3 Å². The molecule has 2 nitrogen and oxygen atoms in total. The van der Waals surface area contributed by atoms with Gasteiger partial charge >= 0.3 is 0 Å². The Morgan fingerprint density at radius 3 is 3.00 bits per heavy atom. The fourth-order valence-electron chi connectivity index (χ4n) is 0.778. The van der Waals surface area contributed by atoms with Crippen LogP contribution < -0.4 is 0 Å². The van der Waals surface area contributed by atoms with E-state index in [0.29, 0.717) is 0 Å². The van der Waals surface area contributed by atoms with Crippen molar-refractivity contribution in [1.82, 2.24) is 0 Å². The highest BCUT2D eigenvalue weighted by atomic mass is 35.5. The van der Waals surface area contributed by atoms with Gasteiger partial charge in [-0.2, -0.15) is 10.2 Å². The van der Waals surface area contributed by atoms with Crippen LogP contribution in [0.2, 0.25) is 0 Å². The number of hydrogen-bond donors (Lipinski definition) is 0. The van der Waals surface area contributed by atoms with Crippen LogP contribution in [0.15, 0.2) is 45.9 Å². The fraction of sp³-hybridized carbons (Fsp3) is 0. The summed E-state index contributed by atoms with van der Waals surface area (Å²) >= 11 is 0. The normalized spacial score (nSPS) is 18.7. The van der Waals surface area contributed by atoms with Crippen molar-refractivity contribution in [1.29, 1.82) is 0 Å². The minimum Gasteiger partial charge on any atom is -0.158 e. The molecule has 0 unspecified atom stereocenters. The Morgan fingerprint density at radius 2 is 2.22 bits per heavy atom. The number of fused-ring (bicyclic) bond motifs is 1. The molecule has 0 saturated carbocycles. The molecule has 46 valence electrons. The number of allylic oxidation sites excluding steroid dienone is 3. The predicted molar refractivity (Wildman–Crippen MR) is 37.4 cm³/mol. The molecule has 1 heterocycles. The Hall–Kier alpha value is -0.890. The molecule has 0 aromatic heterocycles. The van der Waals surface area contributed by atoms with Crippen molar-refractivity contribution in [3.05, 3.63) is 35.7 Å². The quantitative estimate of drug-likeness (QED) is 0.493. The molecule has 1 aliphatic carbocycles. The zero-order chi connectivity index (χ0) is 5.40. The molecule has 2 rings (SSSR count). The van der Waals surface area contributed by atoms with Gasteiger partial charge in [0.1, 0.15) is 0 Å². The largest absolute Gasteiger partial charge is 0.158 e. The van der Waals surface area contributed by atoms with Gasteiger partial charge in [-0.15, -0.1) is 12.4 Å². The van der Waals surface area contributed by atoms with Crippen LogP contribution in [-0.2, 0) is 0 Å². The van der Waals surface area contributed by atoms with Crippen molar-refractivity contribution < 1.29 is 0 Å². The highest BCUT2D eigenvalue weighted by molar-refractivity contribution is 5.85. The van der Waals surface area contributed by atoms with E-state index in [4.69, 9.17) is 0 Å². The number of rotatable bonds is 0. The second kappa shape index (κ2) is 2.15. The topological polar surface area (TPSA) is 24.7 Å². The second-order valence-electron chi connectivity index (χ2n) is 1.71. The highest BCUT2D eigenvalue weighted by Crippen LogP contribution is 2.23. The number of azo groups is 1. The van der Waals surface area contributed by atoms with E-state index >= 15 is 0 Å². The van der Waals surface area contributed by atoms with Gasteiger partial charge in [0.15, 0.2) is 0 Å².